The number of hydrazine groups is 1. The fourth-order valence-corrected chi connectivity index (χ4v) is 8.23. The Kier molecular flexibility index (Phi) is 7.68. The van der Waals surface area contributed by atoms with Gasteiger partial charge in [0.1, 0.15) is 5.75 Å². The van der Waals surface area contributed by atoms with Crippen molar-refractivity contribution in [1.82, 2.24) is 15.6 Å². The van der Waals surface area contributed by atoms with Crippen LogP contribution in [0.1, 0.15) is 84.6 Å². The summed E-state index contributed by atoms with van der Waals surface area (Å²) in [5.74, 6) is -2.37. The minimum atomic E-state index is -2.81. The zero-order valence-electron chi connectivity index (χ0n) is 23.6. The second-order valence-electron chi connectivity index (χ2n) is 12.7. The molecule has 1 amide bonds. The molecule has 4 aliphatic rings. The van der Waals surface area contributed by atoms with Gasteiger partial charge in [-0.05, 0) is 54.7 Å². The Bertz CT molecular complexity index is 1010. The van der Waals surface area contributed by atoms with E-state index in [0.717, 1.165) is 56.7 Å². The van der Waals surface area contributed by atoms with Gasteiger partial charge in [0.2, 0.25) is 5.91 Å². The second kappa shape index (κ2) is 10.6. The number of anilines is 1. The van der Waals surface area contributed by atoms with E-state index in [4.69, 9.17) is 0 Å². The van der Waals surface area contributed by atoms with Gasteiger partial charge in [0, 0.05) is 38.0 Å². The number of rotatable bonds is 5. The highest BCUT2D eigenvalue weighted by Gasteiger charge is 2.54. The molecule has 212 valence electrons. The summed E-state index contributed by atoms with van der Waals surface area (Å²) >= 11 is 0. The zero-order chi connectivity index (χ0) is 27.4. The van der Waals surface area contributed by atoms with Crippen molar-refractivity contribution >= 4 is 11.6 Å². The van der Waals surface area contributed by atoms with E-state index in [1.165, 1.54) is 0 Å². The Morgan fingerprint density at radius 2 is 1.92 bits per heavy atom. The monoisotopic (exact) mass is 532 g/mol. The standard InChI is InChI=1S/C30H46F2N4O2/c1-6-20-18(4)28(30(5,31)32)33-16-21(20)29(38)35-14-13-25-27-22(9-7-8-10-24(27)35)34-36(25)23-12-11-19(17(2)3)15-26(23)37/h11-12,15,17-18,20-22,24-25,27-28,33-34,37H,6-10,13-14,16H2,1-5H3. The van der Waals surface area contributed by atoms with Gasteiger partial charge in [0.05, 0.1) is 23.7 Å². The SMILES string of the molecule is CCC1C(C(=O)N2CCC3C4C(CCCCC42)NN3c2ccc(C(C)C)cc2O)CNC(C(C)(F)F)C1C. The molecule has 38 heavy (non-hydrogen) atoms. The molecule has 6 nitrogen and oxygen atoms in total. The van der Waals surface area contributed by atoms with E-state index in [1.54, 1.807) is 0 Å². The van der Waals surface area contributed by atoms with Crippen molar-refractivity contribution < 1.29 is 18.7 Å². The molecule has 3 heterocycles. The van der Waals surface area contributed by atoms with E-state index in [-0.39, 0.29) is 47.7 Å². The number of amides is 1. The van der Waals surface area contributed by atoms with Crippen LogP contribution in [-0.2, 0) is 4.79 Å². The minimum absolute atomic E-state index is 0.0616. The first kappa shape index (κ1) is 27.6. The molecular formula is C30H46F2N4O2. The number of hydrogen-bond acceptors (Lipinski definition) is 5. The van der Waals surface area contributed by atoms with Gasteiger partial charge in [-0.25, -0.2) is 14.2 Å². The fraction of sp³-hybridized carbons (Fsp3) is 0.767. The third kappa shape index (κ3) is 4.80. The maximum atomic E-state index is 14.3. The van der Waals surface area contributed by atoms with Gasteiger partial charge in [0.15, 0.2) is 0 Å². The van der Waals surface area contributed by atoms with Crippen LogP contribution in [0.3, 0.4) is 0 Å². The highest BCUT2D eigenvalue weighted by molar-refractivity contribution is 5.80. The number of likely N-dealkylation sites (tertiary alicyclic amines) is 1. The summed E-state index contributed by atoms with van der Waals surface area (Å²) in [6.45, 7) is 10.1. The van der Waals surface area contributed by atoms with Gasteiger partial charge >= 0.3 is 0 Å². The summed E-state index contributed by atoms with van der Waals surface area (Å²) in [5, 5.41) is 16.2. The van der Waals surface area contributed by atoms with E-state index < -0.39 is 12.0 Å². The maximum Gasteiger partial charge on any atom is 0.260 e. The van der Waals surface area contributed by atoms with Gasteiger partial charge in [-0.3, -0.25) is 4.79 Å². The molecule has 3 aliphatic heterocycles. The third-order valence-corrected chi connectivity index (χ3v) is 10.1. The molecule has 1 aliphatic carbocycles. The minimum Gasteiger partial charge on any atom is -0.506 e. The molecule has 1 aromatic rings. The Morgan fingerprint density at radius 1 is 1.18 bits per heavy atom. The first-order valence-electron chi connectivity index (χ1n) is 14.8. The number of hydrogen-bond donors (Lipinski definition) is 3. The topological polar surface area (TPSA) is 67.8 Å². The maximum absolute atomic E-state index is 14.3. The van der Waals surface area contributed by atoms with Crippen molar-refractivity contribution in [3.63, 3.8) is 0 Å². The highest BCUT2D eigenvalue weighted by atomic mass is 19.3. The largest absolute Gasteiger partial charge is 0.506 e. The summed E-state index contributed by atoms with van der Waals surface area (Å²) in [5.41, 5.74) is 5.66. The molecule has 1 saturated carbocycles. The summed E-state index contributed by atoms with van der Waals surface area (Å²) in [6.07, 6.45) is 5.76. The molecule has 1 aromatic carbocycles. The first-order valence-corrected chi connectivity index (χ1v) is 14.8. The fourth-order valence-electron chi connectivity index (χ4n) is 8.23. The molecule has 0 radical (unpaired) electrons. The zero-order valence-corrected chi connectivity index (χ0v) is 23.6. The quantitative estimate of drug-likeness (QED) is 0.482. The Morgan fingerprint density at radius 3 is 2.58 bits per heavy atom. The number of alkyl halides is 2. The Labute approximate surface area is 226 Å². The van der Waals surface area contributed by atoms with E-state index >= 15 is 0 Å². The predicted octanol–water partition coefficient (Wildman–Crippen LogP) is 5.27. The van der Waals surface area contributed by atoms with Crippen molar-refractivity contribution in [2.24, 2.45) is 23.7 Å². The van der Waals surface area contributed by atoms with Crippen LogP contribution in [0, 0.1) is 23.7 Å². The van der Waals surface area contributed by atoms with Gasteiger partial charge in [-0.2, -0.15) is 0 Å². The van der Waals surface area contributed by atoms with Crippen LogP contribution in [0.25, 0.3) is 0 Å². The molecule has 3 N–H and O–H groups in total. The predicted molar refractivity (Wildman–Crippen MR) is 146 cm³/mol. The number of halogens is 2. The van der Waals surface area contributed by atoms with Crippen LogP contribution in [0.15, 0.2) is 18.2 Å². The van der Waals surface area contributed by atoms with Crippen LogP contribution in [0.4, 0.5) is 14.5 Å². The molecule has 8 unspecified atom stereocenters. The van der Waals surface area contributed by atoms with Crippen LogP contribution < -0.4 is 15.8 Å². The number of aromatic hydroxyl groups is 1. The van der Waals surface area contributed by atoms with Crippen LogP contribution in [0.5, 0.6) is 5.75 Å². The van der Waals surface area contributed by atoms with Crippen molar-refractivity contribution in [3.05, 3.63) is 23.8 Å². The van der Waals surface area contributed by atoms with Crippen LogP contribution in [0.2, 0.25) is 0 Å². The van der Waals surface area contributed by atoms with E-state index in [1.807, 2.05) is 26.0 Å². The molecule has 5 rings (SSSR count). The van der Waals surface area contributed by atoms with Crippen molar-refractivity contribution in [3.8, 4) is 5.75 Å². The molecular weight excluding hydrogens is 486 g/mol. The molecule has 4 fully saturated rings. The highest BCUT2D eigenvalue weighted by Crippen LogP contribution is 2.46. The lowest BCUT2D eigenvalue weighted by molar-refractivity contribution is -0.148. The number of carbonyl (C=O) groups excluding carboxylic acids is 1. The number of piperidine rings is 2. The average Bonchev–Trinajstić information content (AvgIpc) is 3.09. The van der Waals surface area contributed by atoms with Gasteiger partial charge in [-0.15, -0.1) is 0 Å². The Hall–Kier alpha value is -1.93. The first-order chi connectivity index (χ1) is 18.0. The smallest absolute Gasteiger partial charge is 0.260 e. The number of phenols is 1. The second-order valence-corrected chi connectivity index (χ2v) is 12.7. The summed E-state index contributed by atoms with van der Waals surface area (Å²) in [7, 11) is 0. The number of nitrogens with one attached hydrogen (secondary N) is 2. The van der Waals surface area contributed by atoms with E-state index in [2.05, 4.69) is 40.6 Å². The lowest BCUT2D eigenvalue weighted by Gasteiger charge is -2.49. The van der Waals surface area contributed by atoms with Crippen LogP contribution in [-0.4, -0.2) is 59.1 Å². The molecule has 3 saturated heterocycles. The summed E-state index contributed by atoms with van der Waals surface area (Å²) in [4.78, 5) is 16.3. The lowest BCUT2D eigenvalue weighted by Crippen LogP contribution is -2.62. The number of carbonyl (C=O) groups is 1. The number of nitrogens with zero attached hydrogens (tertiary/aromatic N) is 2. The van der Waals surface area contributed by atoms with Crippen molar-refractivity contribution in [2.45, 2.75) is 109 Å². The van der Waals surface area contributed by atoms with Crippen molar-refractivity contribution in [1.29, 1.82) is 0 Å². The lowest BCUT2D eigenvalue weighted by atomic mass is 9.71. The molecule has 8 heteroatoms. The third-order valence-electron chi connectivity index (χ3n) is 10.1. The summed E-state index contributed by atoms with van der Waals surface area (Å²) in [6, 6.07) is 5.68. The Balaban J connectivity index is 1.38. The van der Waals surface area contributed by atoms with E-state index in [9.17, 15) is 18.7 Å². The van der Waals surface area contributed by atoms with Gasteiger partial charge < -0.3 is 20.3 Å². The van der Waals surface area contributed by atoms with Gasteiger partial charge in [0.25, 0.3) is 5.92 Å². The van der Waals surface area contributed by atoms with Gasteiger partial charge in [-0.1, -0.05) is 53.0 Å². The molecule has 0 aromatic heterocycles. The average molecular weight is 533 g/mol. The summed E-state index contributed by atoms with van der Waals surface area (Å²) < 4.78 is 28.6. The van der Waals surface area contributed by atoms with Crippen LogP contribution >= 0.6 is 0 Å². The molecule has 0 spiro atoms. The van der Waals surface area contributed by atoms with E-state index in [0.29, 0.717) is 24.8 Å². The molecule has 0 bridgehead atoms. The number of benzene rings is 1. The van der Waals surface area contributed by atoms with Crippen molar-refractivity contribution in [2.75, 3.05) is 18.1 Å². The normalized spacial score (nSPS) is 35.8. The number of phenolic OH excluding ortho intramolecular Hbond substituents is 1. The molecule has 8 atom stereocenters.